The van der Waals surface area contributed by atoms with E-state index >= 15 is 0 Å². The predicted octanol–water partition coefficient (Wildman–Crippen LogP) is 3.05. The largest absolute Gasteiger partial charge is 0.496 e. The number of ether oxygens (including phenoxy) is 1. The number of halogens is 1. The van der Waals surface area contributed by atoms with Crippen molar-refractivity contribution in [1.29, 1.82) is 0 Å². The second kappa shape index (κ2) is 7.40. The number of nitrogens with zero attached hydrogens (tertiary/aromatic N) is 2. The summed E-state index contributed by atoms with van der Waals surface area (Å²) in [4.78, 5) is 0. The van der Waals surface area contributed by atoms with Gasteiger partial charge in [-0.3, -0.25) is 0 Å². The standard InChI is InChI=1S/C14H18BrN3O2/c1-3-7-16-8-6-13-17-18-14(20-13)11-5-4-10(15)9-12(11)19-2/h4-5,9,16H,3,6-8H2,1-2H3. The molecule has 0 bridgehead atoms. The Bertz CT molecular complexity index is 557. The quantitative estimate of drug-likeness (QED) is 0.785. The number of hydrogen-bond donors (Lipinski definition) is 1. The van der Waals surface area contributed by atoms with Crippen LogP contribution in [0.5, 0.6) is 5.75 Å². The first kappa shape index (κ1) is 15.0. The first-order chi connectivity index (χ1) is 9.74. The van der Waals surface area contributed by atoms with Gasteiger partial charge in [0.1, 0.15) is 5.75 Å². The van der Waals surface area contributed by atoms with Crippen LogP contribution in [0.25, 0.3) is 11.5 Å². The first-order valence-electron chi connectivity index (χ1n) is 6.61. The molecule has 5 nitrogen and oxygen atoms in total. The Kier molecular flexibility index (Phi) is 5.55. The van der Waals surface area contributed by atoms with Crippen LogP contribution in [-0.4, -0.2) is 30.4 Å². The van der Waals surface area contributed by atoms with Crippen LogP contribution >= 0.6 is 15.9 Å². The monoisotopic (exact) mass is 339 g/mol. The number of hydrogen-bond acceptors (Lipinski definition) is 5. The third kappa shape index (κ3) is 3.80. The highest BCUT2D eigenvalue weighted by molar-refractivity contribution is 9.10. The molecule has 1 N–H and O–H groups in total. The third-order valence-corrected chi connectivity index (χ3v) is 3.30. The highest BCUT2D eigenvalue weighted by Gasteiger charge is 2.13. The number of methoxy groups -OCH3 is 1. The Hall–Kier alpha value is -1.40. The van der Waals surface area contributed by atoms with Gasteiger partial charge < -0.3 is 14.5 Å². The summed E-state index contributed by atoms with van der Waals surface area (Å²) >= 11 is 3.41. The Morgan fingerprint density at radius 2 is 2.15 bits per heavy atom. The number of rotatable bonds is 7. The van der Waals surface area contributed by atoms with Crippen molar-refractivity contribution in [3.8, 4) is 17.2 Å². The summed E-state index contributed by atoms with van der Waals surface area (Å²) in [5.74, 6) is 1.83. The third-order valence-electron chi connectivity index (χ3n) is 2.80. The maximum atomic E-state index is 5.67. The van der Waals surface area contributed by atoms with Crippen molar-refractivity contribution in [2.24, 2.45) is 0 Å². The number of nitrogens with one attached hydrogen (secondary N) is 1. The van der Waals surface area contributed by atoms with Crippen LogP contribution < -0.4 is 10.1 Å². The minimum Gasteiger partial charge on any atom is -0.496 e. The van der Waals surface area contributed by atoms with Crippen LogP contribution in [0.15, 0.2) is 27.1 Å². The molecule has 0 radical (unpaired) electrons. The Morgan fingerprint density at radius 1 is 1.30 bits per heavy atom. The van der Waals surface area contributed by atoms with E-state index in [2.05, 4.69) is 38.4 Å². The van der Waals surface area contributed by atoms with Crippen molar-refractivity contribution in [2.45, 2.75) is 19.8 Å². The summed E-state index contributed by atoms with van der Waals surface area (Å²) in [6, 6.07) is 5.70. The van der Waals surface area contributed by atoms with Crippen LogP contribution in [-0.2, 0) is 6.42 Å². The molecule has 0 atom stereocenters. The number of benzene rings is 1. The molecule has 6 heteroatoms. The van der Waals surface area contributed by atoms with Gasteiger partial charge in [-0.25, -0.2) is 0 Å². The maximum absolute atomic E-state index is 5.67. The summed E-state index contributed by atoms with van der Waals surface area (Å²) in [6.07, 6.45) is 1.84. The van der Waals surface area contributed by atoms with Gasteiger partial charge in [-0.05, 0) is 31.2 Å². The molecule has 2 aromatic rings. The maximum Gasteiger partial charge on any atom is 0.251 e. The lowest BCUT2D eigenvalue weighted by Gasteiger charge is -2.05. The number of aromatic nitrogens is 2. The van der Waals surface area contributed by atoms with Gasteiger partial charge in [0.15, 0.2) is 0 Å². The first-order valence-corrected chi connectivity index (χ1v) is 7.41. The van der Waals surface area contributed by atoms with Crippen molar-refractivity contribution in [3.05, 3.63) is 28.6 Å². The van der Waals surface area contributed by atoms with Crippen LogP contribution in [0.1, 0.15) is 19.2 Å². The van der Waals surface area contributed by atoms with Gasteiger partial charge in [0.2, 0.25) is 5.89 Å². The van der Waals surface area contributed by atoms with Crippen LogP contribution in [0.4, 0.5) is 0 Å². The van der Waals surface area contributed by atoms with E-state index in [1.807, 2.05) is 18.2 Å². The molecule has 0 fully saturated rings. The SMILES string of the molecule is CCCNCCc1nnc(-c2ccc(Br)cc2OC)o1. The summed E-state index contributed by atoms with van der Waals surface area (Å²) in [5.41, 5.74) is 0.802. The van der Waals surface area contributed by atoms with Gasteiger partial charge in [0.25, 0.3) is 5.89 Å². The van der Waals surface area contributed by atoms with Gasteiger partial charge in [-0.2, -0.15) is 0 Å². The van der Waals surface area contributed by atoms with E-state index in [1.54, 1.807) is 7.11 Å². The van der Waals surface area contributed by atoms with Gasteiger partial charge in [-0.15, -0.1) is 10.2 Å². The molecule has 108 valence electrons. The van der Waals surface area contributed by atoms with E-state index in [0.717, 1.165) is 36.0 Å². The van der Waals surface area contributed by atoms with E-state index in [4.69, 9.17) is 9.15 Å². The Morgan fingerprint density at radius 3 is 2.90 bits per heavy atom. The van der Waals surface area contributed by atoms with E-state index in [1.165, 1.54) is 0 Å². The molecule has 0 spiro atoms. The highest BCUT2D eigenvalue weighted by Crippen LogP contribution is 2.31. The molecule has 0 saturated heterocycles. The molecule has 20 heavy (non-hydrogen) atoms. The minimum atomic E-state index is 0.486. The normalized spacial score (nSPS) is 10.8. The molecule has 0 aliphatic carbocycles. The molecule has 0 unspecified atom stereocenters. The lowest BCUT2D eigenvalue weighted by atomic mass is 10.2. The van der Waals surface area contributed by atoms with Crippen molar-refractivity contribution in [3.63, 3.8) is 0 Å². The lowest BCUT2D eigenvalue weighted by Crippen LogP contribution is -2.17. The molecule has 1 aromatic carbocycles. The Labute approximate surface area is 126 Å². The van der Waals surface area contributed by atoms with Crippen LogP contribution in [0.3, 0.4) is 0 Å². The van der Waals surface area contributed by atoms with Crippen LogP contribution in [0.2, 0.25) is 0 Å². The van der Waals surface area contributed by atoms with E-state index in [0.29, 0.717) is 17.5 Å². The Balaban J connectivity index is 2.08. The molecular formula is C14H18BrN3O2. The second-order valence-corrected chi connectivity index (χ2v) is 5.26. The summed E-state index contributed by atoms with van der Waals surface area (Å²) in [5, 5.41) is 11.5. The van der Waals surface area contributed by atoms with E-state index < -0.39 is 0 Å². The summed E-state index contributed by atoms with van der Waals surface area (Å²) in [7, 11) is 1.62. The van der Waals surface area contributed by atoms with Gasteiger partial charge in [0.05, 0.1) is 12.7 Å². The molecule has 1 aromatic heterocycles. The van der Waals surface area contributed by atoms with Crippen molar-refractivity contribution in [1.82, 2.24) is 15.5 Å². The van der Waals surface area contributed by atoms with Gasteiger partial charge >= 0.3 is 0 Å². The molecular weight excluding hydrogens is 322 g/mol. The van der Waals surface area contributed by atoms with E-state index in [9.17, 15) is 0 Å². The van der Waals surface area contributed by atoms with Gasteiger partial charge in [-0.1, -0.05) is 22.9 Å². The second-order valence-electron chi connectivity index (χ2n) is 4.35. The lowest BCUT2D eigenvalue weighted by molar-refractivity contribution is 0.413. The average molecular weight is 340 g/mol. The fourth-order valence-corrected chi connectivity index (χ4v) is 2.14. The minimum absolute atomic E-state index is 0.486. The molecule has 0 amide bonds. The zero-order valence-electron chi connectivity index (χ0n) is 11.6. The van der Waals surface area contributed by atoms with Crippen LogP contribution in [0, 0.1) is 0 Å². The van der Waals surface area contributed by atoms with E-state index in [-0.39, 0.29) is 0 Å². The van der Waals surface area contributed by atoms with Gasteiger partial charge in [0, 0.05) is 17.4 Å². The van der Waals surface area contributed by atoms with Crippen molar-refractivity contribution >= 4 is 15.9 Å². The molecule has 0 aliphatic heterocycles. The zero-order valence-corrected chi connectivity index (χ0v) is 13.2. The zero-order chi connectivity index (χ0) is 14.4. The fraction of sp³-hybridized carbons (Fsp3) is 0.429. The molecule has 2 rings (SSSR count). The molecule has 0 saturated carbocycles. The average Bonchev–Trinajstić information content (AvgIpc) is 2.92. The van der Waals surface area contributed by atoms with Crippen molar-refractivity contribution in [2.75, 3.05) is 20.2 Å². The summed E-state index contributed by atoms with van der Waals surface area (Å²) in [6.45, 7) is 3.98. The fourth-order valence-electron chi connectivity index (χ4n) is 1.80. The smallest absolute Gasteiger partial charge is 0.251 e. The highest BCUT2D eigenvalue weighted by atomic mass is 79.9. The molecule has 0 aliphatic rings. The predicted molar refractivity (Wildman–Crippen MR) is 80.9 cm³/mol. The van der Waals surface area contributed by atoms with Crippen molar-refractivity contribution < 1.29 is 9.15 Å². The summed E-state index contributed by atoms with van der Waals surface area (Å²) < 4.78 is 12.0. The topological polar surface area (TPSA) is 60.2 Å². The molecule has 1 heterocycles.